The molecule has 1 unspecified atom stereocenters. The largest absolute Gasteiger partial charge is 0.383 e. The third kappa shape index (κ3) is 4.15. The molecule has 0 spiro atoms. The van der Waals surface area contributed by atoms with E-state index in [0.29, 0.717) is 11.1 Å². The Labute approximate surface area is 114 Å². The fraction of sp³-hybridized carbons (Fsp3) is 0.600. The SMILES string of the molecule is CSc1nc(N)cc(NCC2CSCCS2)n1. The van der Waals surface area contributed by atoms with Gasteiger partial charge in [-0.2, -0.15) is 23.5 Å². The van der Waals surface area contributed by atoms with E-state index in [1.807, 2.05) is 29.8 Å². The van der Waals surface area contributed by atoms with E-state index in [2.05, 4.69) is 15.3 Å². The van der Waals surface area contributed by atoms with Crippen molar-refractivity contribution in [3.8, 4) is 0 Å². The highest BCUT2D eigenvalue weighted by atomic mass is 32.2. The molecule has 0 aliphatic carbocycles. The number of rotatable bonds is 4. The lowest BCUT2D eigenvalue weighted by Gasteiger charge is -2.21. The van der Waals surface area contributed by atoms with Crippen LogP contribution in [0.4, 0.5) is 11.6 Å². The molecule has 3 N–H and O–H groups in total. The summed E-state index contributed by atoms with van der Waals surface area (Å²) in [6.45, 7) is 0.946. The van der Waals surface area contributed by atoms with E-state index < -0.39 is 0 Å². The summed E-state index contributed by atoms with van der Waals surface area (Å²) in [6.07, 6.45) is 1.95. The van der Waals surface area contributed by atoms with Gasteiger partial charge in [-0.15, -0.1) is 0 Å². The minimum absolute atomic E-state index is 0.525. The Balaban J connectivity index is 1.91. The summed E-state index contributed by atoms with van der Waals surface area (Å²) < 4.78 is 0. The van der Waals surface area contributed by atoms with Gasteiger partial charge in [0.1, 0.15) is 11.6 Å². The Morgan fingerprint density at radius 2 is 2.41 bits per heavy atom. The van der Waals surface area contributed by atoms with Crippen molar-refractivity contribution in [3.05, 3.63) is 6.07 Å². The van der Waals surface area contributed by atoms with Gasteiger partial charge in [0.15, 0.2) is 5.16 Å². The standard InChI is InChI=1S/C10H16N4S3/c1-15-10-13-8(11)4-9(14-10)12-5-7-6-16-2-3-17-7/h4,7H,2-3,5-6H2,1H3,(H3,11,12,13,14). The molecule has 1 aromatic rings. The topological polar surface area (TPSA) is 63.8 Å². The van der Waals surface area contributed by atoms with E-state index in [1.165, 1.54) is 29.0 Å². The van der Waals surface area contributed by atoms with Gasteiger partial charge in [0.2, 0.25) is 0 Å². The van der Waals surface area contributed by atoms with Crippen molar-refractivity contribution in [2.75, 3.05) is 41.1 Å². The molecule has 1 fully saturated rings. The van der Waals surface area contributed by atoms with E-state index in [-0.39, 0.29) is 0 Å². The predicted octanol–water partition coefficient (Wildman–Crippen LogP) is 2.04. The number of anilines is 2. The second-order valence-corrected chi connectivity index (χ2v) is 6.94. The van der Waals surface area contributed by atoms with Crippen molar-refractivity contribution in [1.29, 1.82) is 0 Å². The van der Waals surface area contributed by atoms with Gasteiger partial charge in [-0.3, -0.25) is 0 Å². The van der Waals surface area contributed by atoms with Crippen LogP contribution in [-0.2, 0) is 0 Å². The van der Waals surface area contributed by atoms with Crippen LogP contribution in [0.25, 0.3) is 0 Å². The lowest BCUT2D eigenvalue weighted by Crippen LogP contribution is -2.23. The summed E-state index contributed by atoms with van der Waals surface area (Å²) in [6, 6.07) is 1.79. The Morgan fingerprint density at radius 3 is 3.12 bits per heavy atom. The maximum atomic E-state index is 5.73. The summed E-state index contributed by atoms with van der Waals surface area (Å²) in [5, 5.41) is 4.74. The maximum absolute atomic E-state index is 5.73. The number of thioether (sulfide) groups is 3. The number of hydrogen-bond acceptors (Lipinski definition) is 7. The third-order valence-electron chi connectivity index (χ3n) is 2.30. The highest BCUT2D eigenvalue weighted by Gasteiger charge is 2.14. The van der Waals surface area contributed by atoms with Gasteiger partial charge < -0.3 is 11.1 Å². The van der Waals surface area contributed by atoms with Gasteiger partial charge in [0.05, 0.1) is 0 Å². The first kappa shape index (κ1) is 13.2. The van der Waals surface area contributed by atoms with Crippen molar-refractivity contribution >= 4 is 46.9 Å². The molecule has 0 bridgehead atoms. The molecule has 0 saturated carbocycles. The van der Waals surface area contributed by atoms with Gasteiger partial charge in [0, 0.05) is 35.1 Å². The first-order valence-electron chi connectivity index (χ1n) is 5.39. The Kier molecular flexibility index (Phi) is 5.12. The fourth-order valence-electron chi connectivity index (χ4n) is 1.50. The summed E-state index contributed by atoms with van der Waals surface area (Å²) in [5.41, 5.74) is 5.73. The zero-order valence-corrected chi connectivity index (χ0v) is 12.1. The summed E-state index contributed by atoms with van der Waals surface area (Å²) in [5.74, 6) is 5.10. The van der Waals surface area contributed by atoms with Gasteiger partial charge >= 0.3 is 0 Å². The van der Waals surface area contributed by atoms with Crippen LogP contribution in [0.15, 0.2) is 11.2 Å². The van der Waals surface area contributed by atoms with Crippen LogP contribution in [0.3, 0.4) is 0 Å². The van der Waals surface area contributed by atoms with Gasteiger partial charge in [0.25, 0.3) is 0 Å². The van der Waals surface area contributed by atoms with E-state index in [9.17, 15) is 0 Å². The van der Waals surface area contributed by atoms with Crippen molar-refractivity contribution in [3.63, 3.8) is 0 Å². The molecule has 4 nitrogen and oxygen atoms in total. The molecule has 1 atom stereocenters. The molecule has 17 heavy (non-hydrogen) atoms. The van der Waals surface area contributed by atoms with Crippen LogP contribution in [0.1, 0.15) is 0 Å². The van der Waals surface area contributed by atoms with Gasteiger partial charge in [-0.25, -0.2) is 9.97 Å². The maximum Gasteiger partial charge on any atom is 0.191 e. The zero-order valence-electron chi connectivity index (χ0n) is 9.68. The van der Waals surface area contributed by atoms with Crippen molar-refractivity contribution in [1.82, 2.24) is 9.97 Å². The monoisotopic (exact) mass is 288 g/mol. The minimum atomic E-state index is 0.525. The smallest absolute Gasteiger partial charge is 0.191 e. The molecule has 1 aliphatic heterocycles. The third-order valence-corrected chi connectivity index (χ3v) is 5.70. The zero-order chi connectivity index (χ0) is 12.1. The molecular formula is C10H16N4S3. The molecular weight excluding hydrogens is 272 g/mol. The van der Waals surface area contributed by atoms with Crippen LogP contribution in [0.5, 0.6) is 0 Å². The fourth-order valence-corrected chi connectivity index (χ4v) is 4.50. The quantitative estimate of drug-likeness (QED) is 0.649. The number of nitrogens with one attached hydrogen (secondary N) is 1. The molecule has 0 radical (unpaired) electrons. The van der Waals surface area contributed by atoms with E-state index >= 15 is 0 Å². The molecule has 94 valence electrons. The van der Waals surface area contributed by atoms with Crippen molar-refractivity contribution in [2.24, 2.45) is 0 Å². The second-order valence-electron chi connectivity index (χ2n) is 3.61. The average Bonchev–Trinajstić information content (AvgIpc) is 2.37. The lowest BCUT2D eigenvalue weighted by atomic mass is 10.4. The Bertz CT molecular complexity index is 369. The molecule has 1 saturated heterocycles. The van der Waals surface area contributed by atoms with Gasteiger partial charge in [-0.1, -0.05) is 11.8 Å². The van der Waals surface area contributed by atoms with Crippen molar-refractivity contribution in [2.45, 2.75) is 10.4 Å². The Morgan fingerprint density at radius 1 is 1.53 bits per heavy atom. The number of nitrogens with zero attached hydrogens (tertiary/aromatic N) is 2. The van der Waals surface area contributed by atoms with Crippen LogP contribution < -0.4 is 11.1 Å². The van der Waals surface area contributed by atoms with Gasteiger partial charge in [-0.05, 0) is 6.26 Å². The lowest BCUT2D eigenvalue weighted by molar-refractivity contribution is 0.942. The van der Waals surface area contributed by atoms with E-state index in [0.717, 1.165) is 17.5 Å². The Hall–Kier alpha value is -0.270. The normalized spacial score (nSPS) is 20.2. The first-order valence-corrected chi connectivity index (χ1v) is 8.82. The highest BCUT2D eigenvalue weighted by molar-refractivity contribution is 8.06. The van der Waals surface area contributed by atoms with Crippen LogP contribution >= 0.6 is 35.3 Å². The minimum Gasteiger partial charge on any atom is -0.383 e. The molecule has 2 heterocycles. The van der Waals surface area contributed by atoms with Crippen LogP contribution in [0, 0.1) is 0 Å². The molecule has 0 amide bonds. The van der Waals surface area contributed by atoms with E-state index in [4.69, 9.17) is 5.73 Å². The molecule has 0 aromatic carbocycles. The summed E-state index contributed by atoms with van der Waals surface area (Å²) in [7, 11) is 0. The second kappa shape index (κ2) is 6.61. The molecule has 2 rings (SSSR count). The molecule has 1 aromatic heterocycles. The average molecular weight is 288 g/mol. The summed E-state index contributed by atoms with van der Waals surface area (Å²) in [4.78, 5) is 8.51. The van der Waals surface area contributed by atoms with E-state index in [1.54, 1.807) is 6.07 Å². The highest BCUT2D eigenvalue weighted by Crippen LogP contribution is 2.24. The molecule has 7 heteroatoms. The number of aromatic nitrogens is 2. The first-order chi connectivity index (χ1) is 8.28. The number of hydrogen-bond donors (Lipinski definition) is 2. The number of nitrogen functional groups attached to an aromatic ring is 1. The van der Waals surface area contributed by atoms with Crippen LogP contribution in [0.2, 0.25) is 0 Å². The molecule has 1 aliphatic rings. The summed E-state index contributed by atoms with van der Waals surface area (Å²) >= 11 is 5.57. The predicted molar refractivity (Wildman–Crippen MR) is 80.3 cm³/mol. The number of nitrogens with two attached hydrogens (primary N) is 1. The van der Waals surface area contributed by atoms with Crippen LogP contribution in [-0.4, -0.2) is 45.3 Å². The van der Waals surface area contributed by atoms with Crippen molar-refractivity contribution < 1.29 is 0 Å².